The molecule has 1 aromatic heterocycles. The van der Waals surface area contributed by atoms with E-state index in [1.54, 1.807) is 6.26 Å². The first-order valence-electron chi connectivity index (χ1n) is 10.8. The second kappa shape index (κ2) is 10.9. The van der Waals surface area contributed by atoms with Gasteiger partial charge in [-0.25, -0.2) is 0 Å². The van der Waals surface area contributed by atoms with Crippen molar-refractivity contribution in [3.05, 3.63) is 59.9 Å². The molecule has 0 radical (unpaired) electrons. The van der Waals surface area contributed by atoms with Gasteiger partial charge in [-0.15, -0.1) is 0 Å². The van der Waals surface area contributed by atoms with E-state index in [-0.39, 0.29) is 6.16 Å². The SMILES string of the molecule is CCCCCCc1ccc(-c2ccc(CNCCCP(=O)(O)O)c3ccoc23)cc1. The molecule has 0 atom stereocenters. The number of hydrogen-bond acceptors (Lipinski definition) is 3. The van der Waals surface area contributed by atoms with Gasteiger partial charge in [-0.3, -0.25) is 4.57 Å². The molecule has 6 heteroatoms. The van der Waals surface area contributed by atoms with Gasteiger partial charge >= 0.3 is 7.60 Å². The van der Waals surface area contributed by atoms with Crippen LogP contribution in [0.1, 0.15) is 50.2 Å². The van der Waals surface area contributed by atoms with Crippen LogP contribution in [0.15, 0.2) is 53.1 Å². The number of benzene rings is 2. The first kappa shape index (κ1) is 22.8. The summed E-state index contributed by atoms with van der Waals surface area (Å²) in [5.41, 5.74) is 5.60. The number of rotatable bonds is 12. The van der Waals surface area contributed by atoms with Crippen LogP contribution in [0.3, 0.4) is 0 Å². The maximum atomic E-state index is 10.9. The van der Waals surface area contributed by atoms with E-state index in [1.165, 1.54) is 31.2 Å². The van der Waals surface area contributed by atoms with Crippen LogP contribution in [-0.2, 0) is 17.5 Å². The van der Waals surface area contributed by atoms with Gasteiger partial charge in [0.05, 0.1) is 12.4 Å². The predicted octanol–water partition coefficient (Wildman–Crippen LogP) is 5.88. The van der Waals surface area contributed by atoms with Gasteiger partial charge in [0.25, 0.3) is 0 Å². The highest BCUT2D eigenvalue weighted by Crippen LogP contribution is 2.35. The van der Waals surface area contributed by atoms with E-state index in [4.69, 9.17) is 14.2 Å². The van der Waals surface area contributed by atoms with E-state index in [1.807, 2.05) is 6.07 Å². The number of unbranched alkanes of at least 4 members (excludes halogenated alkanes) is 3. The fourth-order valence-electron chi connectivity index (χ4n) is 3.74. The Balaban J connectivity index is 1.64. The van der Waals surface area contributed by atoms with Gasteiger partial charge in [0.15, 0.2) is 0 Å². The van der Waals surface area contributed by atoms with Crippen molar-refractivity contribution in [1.29, 1.82) is 0 Å². The predicted molar refractivity (Wildman–Crippen MR) is 123 cm³/mol. The van der Waals surface area contributed by atoms with E-state index in [2.05, 4.69) is 48.6 Å². The van der Waals surface area contributed by atoms with Crippen molar-refractivity contribution in [1.82, 2.24) is 5.32 Å². The summed E-state index contributed by atoms with van der Waals surface area (Å²) in [4.78, 5) is 17.9. The Morgan fingerprint density at radius 1 is 0.967 bits per heavy atom. The molecule has 3 aromatic rings. The van der Waals surface area contributed by atoms with Crippen LogP contribution in [0.25, 0.3) is 22.1 Å². The van der Waals surface area contributed by atoms with E-state index in [0.717, 1.165) is 34.1 Å². The van der Waals surface area contributed by atoms with Gasteiger partial charge < -0.3 is 19.5 Å². The smallest absolute Gasteiger partial charge is 0.325 e. The lowest BCUT2D eigenvalue weighted by molar-refractivity contribution is 0.371. The van der Waals surface area contributed by atoms with E-state index < -0.39 is 7.60 Å². The summed E-state index contributed by atoms with van der Waals surface area (Å²) in [6, 6.07) is 14.9. The fraction of sp³-hybridized carbons (Fsp3) is 0.417. The van der Waals surface area contributed by atoms with Crippen LogP contribution in [0, 0.1) is 0 Å². The highest BCUT2D eigenvalue weighted by molar-refractivity contribution is 7.51. The summed E-state index contributed by atoms with van der Waals surface area (Å²) in [5.74, 6) is 0. The van der Waals surface area contributed by atoms with Gasteiger partial charge in [-0.2, -0.15) is 0 Å². The van der Waals surface area contributed by atoms with Crippen molar-refractivity contribution in [3.8, 4) is 11.1 Å². The lowest BCUT2D eigenvalue weighted by atomic mass is 9.98. The third kappa shape index (κ3) is 6.55. The molecule has 0 aliphatic rings. The molecule has 2 aromatic carbocycles. The summed E-state index contributed by atoms with van der Waals surface area (Å²) in [7, 11) is -3.92. The second-order valence-corrected chi connectivity index (χ2v) is 9.64. The average Bonchev–Trinajstić information content (AvgIpc) is 3.21. The molecule has 0 fully saturated rings. The van der Waals surface area contributed by atoms with Crippen LogP contribution in [0.4, 0.5) is 0 Å². The molecule has 0 spiro atoms. The zero-order valence-electron chi connectivity index (χ0n) is 17.6. The molecule has 3 N–H and O–H groups in total. The molecule has 162 valence electrons. The molecule has 0 amide bonds. The molecule has 30 heavy (non-hydrogen) atoms. The van der Waals surface area contributed by atoms with Crippen LogP contribution in [0.2, 0.25) is 0 Å². The standard InChI is InChI=1S/C24H32NO4P/c1-2-3-4-5-7-19-8-10-20(11-9-19)22-13-12-21(23-14-16-29-24(22)23)18-25-15-6-17-30(26,27)28/h8-14,16,25H,2-7,15,17-18H2,1H3,(H2,26,27,28). The summed E-state index contributed by atoms with van der Waals surface area (Å²) in [5, 5.41) is 4.33. The molecule has 0 aliphatic heterocycles. The highest BCUT2D eigenvalue weighted by Gasteiger charge is 2.13. The summed E-state index contributed by atoms with van der Waals surface area (Å²) >= 11 is 0. The van der Waals surface area contributed by atoms with Crippen molar-refractivity contribution in [3.63, 3.8) is 0 Å². The largest absolute Gasteiger partial charge is 0.464 e. The van der Waals surface area contributed by atoms with Crippen molar-refractivity contribution >= 4 is 18.6 Å². The molecule has 0 unspecified atom stereocenters. The summed E-state index contributed by atoms with van der Waals surface area (Å²) < 4.78 is 16.7. The summed E-state index contributed by atoms with van der Waals surface area (Å²) in [6.07, 6.45) is 8.30. The zero-order valence-corrected chi connectivity index (χ0v) is 18.5. The number of hydrogen-bond donors (Lipinski definition) is 3. The molecule has 3 rings (SSSR count). The van der Waals surface area contributed by atoms with Crippen molar-refractivity contribution in [2.75, 3.05) is 12.7 Å². The van der Waals surface area contributed by atoms with Gasteiger partial charge in [-0.05, 0) is 48.6 Å². The van der Waals surface area contributed by atoms with Gasteiger partial charge in [0.1, 0.15) is 5.58 Å². The second-order valence-electron chi connectivity index (χ2n) is 7.86. The monoisotopic (exact) mass is 429 g/mol. The molecule has 0 bridgehead atoms. The van der Waals surface area contributed by atoms with Gasteiger partial charge in [0.2, 0.25) is 0 Å². The molecular formula is C24H32NO4P. The normalized spacial score (nSPS) is 12.0. The van der Waals surface area contributed by atoms with Gasteiger partial charge in [-0.1, -0.05) is 62.6 Å². The quantitative estimate of drug-likeness (QED) is 0.247. The van der Waals surface area contributed by atoms with E-state index >= 15 is 0 Å². The number of nitrogens with one attached hydrogen (secondary N) is 1. The zero-order chi connectivity index (χ0) is 21.4. The highest BCUT2D eigenvalue weighted by atomic mass is 31.2. The number of furan rings is 1. The lowest BCUT2D eigenvalue weighted by Gasteiger charge is -2.10. The Labute approximate surface area is 178 Å². The van der Waals surface area contributed by atoms with Crippen molar-refractivity contribution in [2.24, 2.45) is 0 Å². The maximum absolute atomic E-state index is 10.9. The van der Waals surface area contributed by atoms with Crippen molar-refractivity contribution in [2.45, 2.75) is 52.0 Å². The van der Waals surface area contributed by atoms with Crippen LogP contribution in [-0.4, -0.2) is 22.5 Å². The first-order valence-corrected chi connectivity index (χ1v) is 12.6. The number of aryl methyl sites for hydroxylation is 1. The Hall–Kier alpha value is -1.91. The Morgan fingerprint density at radius 2 is 1.77 bits per heavy atom. The Morgan fingerprint density at radius 3 is 2.50 bits per heavy atom. The third-order valence-corrected chi connectivity index (χ3v) is 6.31. The molecule has 5 nitrogen and oxygen atoms in total. The van der Waals surface area contributed by atoms with Crippen LogP contribution < -0.4 is 5.32 Å². The third-order valence-electron chi connectivity index (χ3n) is 5.41. The lowest BCUT2D eigenvalue weighted by Crippen LogP contribution is -2.16. The van der Waals surface area contributed by atoms with E-state index in [0.29, 0.717) is 19.5 Å². The Bertz CT molecular complexity index is 975. The molecule has 0 saturated carbocycles. The topological polar surface area (TPSA) is 82.7 Å². The minimum absolute atomic E-state index is 0.0886. The Kier molecular flexibility index (Phi) is 8.29. The maximum Gasteiger partial charge on any atom is 0.325 e. The van der Waals surface area contributed by atoms with Crippen LogP contribution in [0.5, 0.6) is 0 Å². The summed E-state index contributed by atoms with van der Waals surface area (Å²) in [6.45, 7) is 3.43. The van der Waals surface area contributed by atoms with Crippen molar-refractivity contribution < 1.29 is 18.8 Å². The average molecular weight is 429 g/mol. The molecule has 1 heterocycles. The molecule has 0 saturated heterocycles. The van der Waals surface area contributed by atoms with Gasteiger partial charge in [0, 0.05) is 17.5 Å². The number of fused-ring (bicyclic) bond motifs is 1. The first-order chi connectivity index (χ1) is 14.5. The minimum atomic E-state index is -3.92. The van der Waals surface area contributed by atoms with E-state index in [9.17, 15) is 4.57 Å². The minimum Gasteiger partial charge on any atom is -0.464 e. The fourth-order valence-corrected chi connectivity index (χ4v) is 4.31. The van der Waals surface area contributed by atoms with Crippen LogP contribution >= 0.6 is 7.60 Å². The molecular weight excluding hydrogens is 397 g/mol. The molecule has 0 aliphatic carbocycles.